The van der Waals surface area contributed by atoms with E-state index in [-0.39, 0.29) is 5.91 Å². The summed E-state index contributed by atoms with van der Waals surface area (Å²) in [6, 6.07) is 11.4. The summed E-state index contributed by atoms with van der Waals surface area (Å²) < 4.78 is 0. The van der Waals surface area contributed by atoms with E-state index in [0.717, 1.165) is 22.4 Å². The van der Waals surface area contributed by atoms with Crippen molar-refractivity contribution < 1.29 is 4.79 Å². The summed E-state index contributed by atoms with van der Waals surface area (Å²) in [6.45, 7) is 5.95. The second kappa shape index (κ2) is 7.54. The standard InChI is InChI=1S/C20H19ClN4O/c1-12-6-13(2)8-17(7-12)24-20-22-10-15(11-23-20)19(26)25-18-5-4-16(21)9-14(18)3/h4-11H,1-3H3,(H,25,26)(H,22,23,24). The molecule has 0 aliphatic rings. The smallest absolute Gasteiger partial charge is 0.258 e. The number of nitrogens with zero attached hydrogens (tertiary/aromatic N) is 2. The monoisotopic (exact) mass is 366 g/mol. The minimum Gasteiger partial charge on any atom is -0.324 e. The van der Waals surface area contributed by atoms with Crippen molar-refractivity contribution in [2.24, 2.45) is 0 Å². The highest BCUT2D eigenvalue weighted by atomic mass is 35.5. The summed E-state index contributed by atoms with van der Waals surface area (Å²) in [5.41, 5.74) is 5.20. The Morgan fingerprint density at radius 1 is 0.962 bits per heavy atom. The minimum absolute atomic E-state index is 0.270. The number of benzene rings is 2. The predicted molar refractivity (Wildman–Crippen MR) is 105 cm³/mol. The van der Waals surface area contributed by atoms with Crippen LogP contribution in [-0.2, 0) is 0 Å². The van der Waals surface area contributed by atoms with Crippen LogP contribution in [-0.4, -0.2) is 15.9 Å². The van der Waals surface area contributed by atoms with Crippen LogP contribution in [0.4, 0.5) is 17.3 Å². The van der Waals surface area contributed by atoms with Gasteiger partial charge in [0.25, 0.3) is 5.91 Å². The molecule has 0 fully saturated rings. The molecule has 26 heavy (non-hydrogen) atoms. The number of aryl methyl sites for hydroxylation is 3. The molecule has 0 saturated heterocycles. The Hall–Kier alpha value is -2.92. The van der Waals surface area contributed by atoms with Gasteiger partial charge in [-0.1, -0.05) is 17.7 Å². The molecule has 5 nitrogen and oxygen atoms in total. The third-order valence-electron chi connectivity index (χ3n) is 3.83. The first-order valence-electron chi connectivity index (χ1n) is 8.15. The van der Waals surface area contributed by atoms with Crippen LogP contribution in [0.25, 0.3) is 0 Å². The Morgan fingerprint density at radius 3 is 2.23 bits per heavy atom. The van der Waals surface area contributed by atoms with E-state index in [2.05, 4.69) is 26.7 Å². The number of nitrogens with one attached hydrogen (secondary N) is 2. The maximum Gasteiger partial charge on any atom is 0.258 e. The van der Waals surface area contributed by atoms with Crippen molar-refractivity contribution >= 4 is 34.8 Å². The lowest BCUT2D eigenvalue weighted by molar-refractivity contribution is 0.102. The molecule has 0 radical (unpaired) electrons. The Labute approximate surface area is 157 Å². The van der Waals surface area contributed by atoms with Crippen molar-refractivity contribution in [3.05, 3.63) is 76.1 Å². The molecule has 0 bridgehead atoms. The number of anilines is 3. The lowest BCUT2D eigenvalue weighted by atomic mass is 10.1. The molecule has 2 N–H and O–H groups in total. The van der Waals surface area contributed by atoms with Gasteiger partial charge in [0, 0.05) is 28.8 Å². The Bertz CT molecular complexity index is 934. The van der Waals surface area contributed by atoms with E-state index in [1.807, 2.05) is 32.9 Å². The molecule has 0 spiro atoms. The summed E-state index contributed by atoms with van der Waals surface area (Å²) >= 11 is 5.93. The van der Waals surface area contributed by atoms with Crippen LogP contribution in [0.1, 0.15) is 27.0 Å². The van der Waals surface area contributed by atoms with Crippen molar-refractivity contribution in [3.63, 3.8) is 0 Å². The van der Waals surface area contributed by atoms with Gasteiger partial charge < -0.3 is 10.6 Å². The number of hydrogen-bond acceptors (Lipinski definition) is 4. The number of amides is 1. The Morgan fingerprint density at radius 2 is 1.62 bits per heavy atom. The van der Waals surface area contributed by atoms with Gasteiger partial charge >= 0.3 is 0 Å². The molecule has 3 aromatic rings. The minimum atomic E-state index is -0.270. The molecule has 1 heterocycles. The summed E-state index contributed by atoms with van der Waals surface area (Å²) in [5.74, 6) is 0.169. The van der Waals surface area contributed by atoms with E-state index in [1.165, 1.54) is 12.4 Å². The van der Waals surface area contributed by atoms with E-state index in [1.54, 1.807) is 18.2 Å². The number of halogens is 1. The average molecular weight is 367 g/mol. The van der Waals surface area contributed by atoms with Gasteiger partial charge in [-0.15, -0.1) is 0 Å². The highest BCUT2D eigenvalue weighted by molar-refractivity contribution is 6.30. The first kappa shape index (κ1) is 17.9. The summed E-state index contributed by atoms with van der Waals surface area (Å²) in [6.07, 6.45) is 3.00. The highest BCUT2D eigenvalue weighted by Crippen LogP contribution is 2.20. The van der Waals surface area contributed by atoms with Crippen molar-refractivity contribution in [1.82, 2.24) is 9.97 Å². The van der Waals surface area contributed by atoms with Crippen molar-refractivity contribution in [2.75, 3.05) is 10.6 Å². The van der Waals surface area contributed by atoms with Gasteiger partial charge in [-0.3, -0.25) is 4.79 Å². The summed E-state index contributed by atoms with van der Waals surface area (Å²) in [4.78, 5) is 20.8. The molecule has 2 aromatic carbocycles. The molecular formula is C20H19ClN4O. The zero-order valence-electron chi connectivity index (χ0n) is 14.8. The first-order valence-corrected chi connectivity index (χ1v) is 8.53. The van der Waals surface area contributed by atoms with Crippen LogP contribution in [0.2, 0.25) is 5.02 Å². The maximum absolute atomic E-state index is 12.4. The second-order valence-electron chi connectivity index (χ2n) is 6.21. The number of carbonyl (C=O) groups is 1. The number of rotatable bonds is 4. The second-order valence-corrected chi connectivity index (χ2v) is 6.65. The van der Waals surface area contributed by atoms with E-state index < -0.39 is 0 Å². The van der Waals surface area contributed by atoms with E-state index in [9.17, 15) is 4.79 Å². The van der Waals surface area contributed by atoms with E-state index in [4.69, 9.17) is 11.6 Å². The first-order chi connectivity index (χ1) is 12.4. The van der Waals surface area contributed by atoms with Gasteiger partial charge in [0.2, 0.25) is 5.95 Å². The normalized spacial score (nSPS) is 10.5. The fourth-order valence-electron chi connectivity index (χ4n) is 2.65. The lowest BCUT2D eigenvalue weighted by Gasteiger charge is -2.09. The molecule has 1 amide bonds. The van der Waals surface area contributed by atoms with E-state index >= 15 is 0 Å². The molecular weight excluding hydrogens is 348 g/mol. The molecule has 6 heteroatoms. The fourth-order valence-corrected chi connectivity index (χ4v) is 2.87. The van der Waals surface area contributed by atoms with Gasteiger partial charge in [-0.05, 0) is 67.8 Å². The zero-order valence-corrected chi connectivity index (χ0v) is 15.6. The van der Waals surface area contributed by atoms with Crippen molar-refractivity contribution in [2.45, 2.75) is 20.8 Å². The zero-order chi connectivity index (χ0) is 18.7. The van der Waals surface area contributed by atoms with Gasteiger partial charge in [0.05, 0.1) is 5.56 Å². The number of aromatic nitrogens is 2. The third-order valence-corrected chi connectivity index (χ3v) is 4.06. The Balaban J connectivity index is 1.71. The molecule has 132 valence electrons. The third kappa shape index (κ3) is 4.37. The van der Waals surface area contributed by atoms with Crippen LogP contribution in [0.3, 0.4) is 0 Å². The van der Waals surface area contributed by atoms with E-state index in [0.29, 0.717) is 22.2 Å². The van der Waals surface area contributed by atoms with Gasteiger partial charge in [0.1, 0.15) is 0 Å². The highest BCUT2D eigenvalue weighted by Gasteiger charge is 2.10. The van der Waals surface area contributed by atoms with Gasteiger partial charge in [0.15, 0.2) is 0 Å². The predicted octanol–water partition coefficient (Wildman–Crippen LogP) is 5.05. The van der Waals surface area contributed by atoms with Gasteiger partial charge in [-0.25, -0.2) is 9.97 Å². The van der Waals surface area contributed by atoms with Crippen LogP contribution in [0, 0.1) is 20.8 Å². The topological polar surface area (TPSA) is 66.9 Å². The molecule has 0 aliphatic carbocycles. The molecule has 0 atom stereocenters. The summed E-state index contributed by atoms with van der Waals surface area (Å²) in [5, 5.41) is 6.62. The quantitative estimate of drug-likeness (QED) is 0.678. The maximum atomic E-state index is 12.4. The van der Waals surface area contributed by atoms with Crippen LogP contribution in [0.5, 0.6) is 0 Å². The summed E-state index contributed by atoms with van der Waals surface area (Å²) in [7, 11) is 0. The SMILES string of the molecule is Cc1cc(C)cc(Nc2ncc(C(=O)Nc3ccc(Cl)cc3C)cn2)c1. The average Bonchev–Trinajstić information content (AvgIpc) is 2.57. The molecule has 3 rings (SSSR count). The van der Waals surface area contributed by atoms with Crippen LogP contribution < -0.4 is 10.6 Å². The molecule has 0 aliphatic heterocycles. The van der Waals surface area contributed by atoms with Crippen molar-refractivity contribution in [1.29, 1.82) is 0 Å². The van der Waals surface area contributed by atoms with Crippen molar-refractivity contribution in [3.8, 4) is 0 Å². The van der Waals surface area contributed by atoms with Gasteiger partial charge in [-0.2, -0.15) is 0 Å². The lowest BCUT2D eigenvalue weighted by Crippen LogP contribution is -2.13. The number of hydrogen-bond donors (Lipinski definition) is 2. The number of carbonyl (C=O) groups excluding carboxylic acids is 1. The fraction of sp³-hybridized carbons (Fsp3) is 0.150. The largest absolute Gasteiger partial charge is 0.324 e. The van der Waals surface area contributed by atoms with Crippen LogP contribution in [0.15, 0.2) is 48.8 Å². The Kier molecular flexibility index (Phi) is 5.19. The molecule has 0 saturated carbocycles. The molecule has 0 unspecified atom stereocenters. The van der Waals surface area contributed by atoms with Crippen LogP contribution >= 0.6 is 11.6 Å². The molecule has 1 aromatic heterocycles.